The van der Waals surface area contributed by atoms with Gasteiger partial charge in [0.05, 0.1) is 18.3 Å². The highest BCUT2D eigenvalue weighted by atomic mass is 16.5. The summed E-state index contributed by atoms with van der Waals surface area (Å²) < 4.78 is 10.9. The molecule has 0 unspecified atom stereocenters. The summed E-state index contributed by atoms with van der Waals surface area (Å²) in [6.07, 6.45) is 3.94. The molecule has 1 aromatic heterocycles. The molecule has 0 aliphatic carbocycles. The number of furan rings is 1. The summed E-state index contributed by atoms with van der Waals surface area (Å²) in [5.74, 6) is 0.921. The van der Waals surface area contributed by atoms with E-state index in [-0.39, 0.29) is 0 Å². The Morgan fingerprint density at radius 3 is 3.07 bits per heavy atom. The summed E-state index contributed by atoms with van der Waals surface area (Å²) in [6, 6.07) is 7.82. The minimum absolute atomic E-state index is 0.779. The van der Waals surface area contributed by atoms with Crippen LogP contribution in [0.3, 0.4) is 0 Å². The number of fused-ring (bicyclic) bond motifs is 1. The van der Waals surface area contributed by atoms with Gasteiger partial charge in [0.25, 0.3) is 0 Å². The fourth-order valence-electron chi connectivity index (χ4n) is 1.42. The number of rotatable bonds is 4. The maximum Gasteiger partial charge on any atom is 0.137 e. The highest BCUT2D eigenvalue weighted by Crippen LogP contribution is 2.26. The van der Waals surface area contributed by atoms with E-state index in [4.69, 9.17) is 9.15 Å². The molecule has 2 aromatic rings. The van der Waals surface area contributed by atoms with E-state index in [1.54, 1.807) is 6.26 Å². The summed E-state index contributed by atoms with van der Waals surface area (Å²) in [5.41, 5.74) is 0.888. The Morgan fingerprint density at radius 2 is 2.21 bits per heavy atom. The molecule has 2 rings (SSSR count). The van der Waals surface area contributed by atoms with E-state index in [2.05, 4.69) is 6.92 Å². The SMILES string of the molecule is CCCCOc1cccc2occc12. The molecule has 0 bridgehead atoms. The van der Waals surface area contributed by atoms with Crippen molar-refractivity contribution in [3.05, 3.63) is 30.5 Å². The van der Waals surface area contributed by atoms with Gasteiger partial charge < -0.3 is 9.15 Å². The molecule has 0 radical (unpaired) electrons. The number of unbranched alkanes of at least 4 members (excludes halogenated alkanes) is 1. The molecule has 0 atom stereocenters. The summed E-state index contributed by atoms with van der Waals surface area (Å²) in [7, 11) is 0. The largest absolute Gasteiger partial charge is 0.493 e. The van der Waals surface area contributed by atoms with Gasteiger partial charge in [0, 0.05) is 0 Å². The molecule has 2 heteroatoms. The van der Waals surface area contributed by atoms with E-state index in [0.29, 0.717) is 0 Å². The molecular formula is C12H14O2. The number of hydrogen-bond acceptors (Lipinski definition) is 2. The Labute approximate surface area is 83.5 Å². The quantitative estimate of drug-likeness (QED) is 0.687. The molecule has 0 fully saturated rings. The zero-order chi connectivity index (χ0) is 9.80. The first kappa shape index (κ1) is 9.13. The second kappa shape index (κ2) is 4.18. The lowest BCUT2D eigenvalue weighted by molar-refractivity contribution is 0.313. The molecule has 14 heavy (non-hydrogen) atoms. The summed E-state index contributed by atoms with van der Waals surface area (Å²) >= 11 is 0. The van der Waals surface area contributed by atoms with Gasteiger partial charge in [0.1, 0.15) is 11.3 Å². The maximum absolute atomic E-state index is 5.66. The lowest BCUT2D eigenvalue weighted by Crippen LogP contribution is -1.96. The van der Waals surface area contributed by atoms with E-state index in [1.165, 1.54) is 0 Å². The van der Waals surface area contributed by atoms with Crippen molar-refractivity contribution in [3.8, 4) is 5.75 Å². The van der Waals surface area contributed by atoms with Gasteiger partial charge in [-0.25, -0.2) is 0 Å². The number of ether oxygens (including phenoxy) is 1. The average Bonchev–Trinajstić information content (AvgIpc) is 2.67. The predicted molar refractivity (Wildman–Crippen MR) is 56.6 cm³/mol. The van der Waals surface area contributed by atoms with Crippen LogP contribution in [0.4, 0.5) is 0 Å². The van der Waals surface area contributed by atoms with Crippen molar-refractivity contribution in [2.24, 2.45) is 0 Å². The Morgan fingerprint density at radius 1 is 1.29 bits per heavy atom. The Bertz CT molecular complexity index is 403. The zero-order valence-electron chi connectivity index (χ0n) is 8.32. The molecule has 0 aliphatic heterocycles. The van der Waals surface area contributed by atoms with Crippen molar-refractivity contribution in [3.63, 3.8) is 0 Å². The summed E-state index contributed by atoms with van der Waals surface area (Å²) in [6.45, 7) is 2.93. The zero-order valence-corrected chi connectivity index (χ0v) is 8.32. The Hall–Kier alpha value is -1.44. The van der Waals surface area contributed by atoms with Crippen LogP contribution in [-0.2, 0) is 0 Å². The van der Waals surface area contributed by atoms with E-state index < -0.39 is 0 Å². The molecule has 74 valence electrons. The lowest BCUT2D eigenvalue weighted by atomic mass is 10.2. The van der Waals surface area contributed by atoms with E-state index in [9.17, 15) is 0 Å². The molecule has 0 saturated carbocycles. The lowest BCUT2D eigenvalue weighted by Gasteiger charge is -2.05. The van der Waals surface area contributed by atoms with Crippen LogP contribution in [-0.4, -0.2) is 6.61 Å². The van der Waals surface area contributed by atoms with Crippen LogP contribution in [0.15, 0.2) is 34.9 Å². The number of benzene rings is 1. The average molecular weight is 190 g/mol. The monoisotopic (exact) mass is 190 g/mol. The first-order chi connectivity index (χ1) is 6.92. The van der Waals surface area contributed by atoms with Crippen molar-refractivity contribution < 1.29 is 9.15 Å². The summed E-state index contributed by atoms with van der Waals surface area (Å²) in [4.78, 5) is 0. The molecule has 0 N–H and O–H groups in total. The normalized spacial score (nSPS) is 10.6. The van der Waals surface area contributed by atoms with Crippen molar-refractivity contribution in [1.29, 1.82) is 0 Å². The van der Waals surface area contributed by atoms with Gasteiger partial charge in [0.15, 0.2) is 0 Å². The predicted octanol–water partition coefficient (Wildman–Crippen LogP) is 3.61. The molecule has 2 nitrogen and oxygen atoms in total. The minimum atomic E-state index is 0.779. The standard InChI is InChI=1S/C12H14O2/c1-2-3-8-13-11-5-4-6-12-10(11)7-9-14-12/h4-7,9H,2-3,8H2,1H3. The van der Waals surface area contributed by atoms with Gasteiger partial charge in [-0.15, -0.1) is 0 Å². The highest BCUT2D eigenvalue weighted by molar-refractivity contribution is 5.83. The molecule has 0 saturated heterocycles. The molecule has 0 amide bonds. The fraction of sp³-hybridized carbons (Fsp3) is 0.333. The van der Waals surface area contributed by atoms with Crippen LogP contribution in [0.1, 0.15) is 19.8 Å². The Balaban J connectivity index is 2.19. The van der Waals surface area contributed by atoms with Crippen molar-refractivity contribution in [2.45, 2.75) is 19.8 Å². The fourth-order valence-corrected chi connectivity index (χ4v) is 1.42. The van der Waals surface area contributed by atoms with Crippen LogP contribution in [0.2, 0.25) is 0 Å². The van der Waals surface area contributed by atoms with Crippen LogP contribution < -0.4 is 4.74 Å². The first-order valence-electron chi connectivity index (χ1n) is 5.01. The molecule has 1 heterocycles. The van der Waals surface area contributed by atoms with Gasteiger partial charge in [-0.3, -0.25) is 0 Å². The van der Waals surface area contributed by atoms with E-state index >= 15 is 0 Å². The third-order valence-corrected chi connectivity index (χ3v) is 2.21. The Kier molecular flexibility index (Phi) is 2.73. The van der Waals surface area contributed by atoms with Crippen LogP contribution in [0.25, 0.3) is 11.0 Å². The summed E-state index contributed by atoms with van der Waals surface area (Å²) in [5, 5.41) is 1.06. The van der Waals surface area contributed by atoms with Gasteiger partial charge >= 0.3 is 0 Å². The second-order valence-corrected chi connectivity index (χ2v) is 3.29. The van der Waals surface area contributed by atoms with Gasteiger partial charge in [0.2, 0.25) is 0 Å². The van der Waals surface area contributed by atoms with Gasteiger partial charge in [-0.2, -0.15) is 0 Å². The third-order valence-electron chi connectivity index (χ3n) is 2.21. The topological polar surface area (TPSA) is 22.4 Å². The maximum atomic E-state index is 5.66. The van der Waals surface area contributed by atoms with Crippen LogP contribution in [0, 0.1) is 0 Å². The molecular weight excluding hydrogens is 176 g/mol. The third kappa shape index (κ3) is 1.74. The van der Waals surface area contributed by atoms with Gasteiger partial charge in [-0.05, 0) is 24.6 Å². The first-order valence-corrected chi connectivity index (χ1v) is 5.01. The van der Waals surface area contributed by atoms with Gasteiger partial charge in [-0.1, -0.05) is 19.4 Å². The molecule has 0 aliphatic rings. The number of hydrogen-bond donors (Lipinski definition) is 0. The molecule has 0 spiro atoms. The molecule has 1 aromatic carbocycles. The second-order valence-electron chi connectivity index (χ2n) is 3.29. The smallest absolute Gasteiger partial charge is 0.137 e. The highest BCUT2D eigenvalue weighted by Gasteiger charge is 2.02. The minimum Gasteiger partial charge on any atom is -0.493 e. The van der Waals surface area contributed by atoms with Crippen molar-refractivity contribution in [1.82, 2.24) is 0 Å². The van der Waals surface area contributed by atoms with E-state index in [1.807, 2.05) is 24.3 Å². The van der Waals surface area contributed by atoms with Crippen molar-refractivity contribution >= 4 is 11.0 Å². The van der Waals surface area contributed by atoms with Crippen LogP contribution in [0.5, 0.6) is 5.75 Å². The van der Waals surface area contributed by atoms with Crippen molar-refractivity contribution in [2.75, 3.05) is 6.61 Å². The van der Waals surface area contributed by atoms with E-state index in [0.717, 1.165) is 36.2 Å². The van der Waals surface area contributed by atoms with Crippen LogP contribution >= 0.6 is 0 Å².